The Bertz CT molecular complexity index is 1350. The number of nitrogens with one attached hydrogen (secondary N) is 1. The molecule has 0 spiro atoms. The Balaban J connectivity index is 0.00000420. The van der Waals surface area contributed by atoms with Crippen LogP contribution in [-0.4, -0.2) is 30.0 Å². The van der Waals surface area contributed by atoms with Gasteiger partial charge in [-0.2, -0.15) is 8.78 Å². The Morgan fingerprint density at radius 2 is 1.87 bits per heavy atom. The van der Waals surface area contributed by atoms with Crippen molar-refractivity contribution in [1.82, 2.24) is 10.3 Å². The first-order valence-corrected chi connectivity index (χ1v) is 11.6. The summed E-state index contributed by atoms with van der Waals surface area (Å²) in [7, 11) is 0. The Kier molecular flexibility index (Phi) is 9.41. The molecule has 0 radical (unpaired) electrons. The van der Waals surface area contributed by atoms with Gasteiger partial charge in [-0.3, -0.25) is 9.59 Å². The average molecular weight is 573 g/mol. The lowest BCUT2D eigenvalue weighted by Crippen LogP contribution is -2.38. The Morgan fingerprint density at radius 3 is 2.46 bits per heavy atom. The zero-order valence-electron chi connectivity index (χ0n) is 20.5. The molecular weight excluding hydrogens is 548 g/mol. The molecule has 39 heavy (non-hydrogen) atoms. The lowest BCUT2D eigenvalue weighted by atomic mass is 10.0. The summed E-state index contributed by atoms with van der Waals surface area (Å²) < 4.78 is 69.2. The van der Waals surface area contributed by atoms with E-state index in [4.69, 9.17) is 20.6 Å². The first-order valence-electron chi connectivity index (χ1n) is 11.6. The van der Waals surface area contributed by atoms with Crippen LogP contribution >= 0.6 is 12.4 Å². The van der Waals surface area contributed by atoms with E-state index in [-0.39, 0.29) is 52.4 Å². The summed E-state index contributed by atoms with van der Waals surface area (Å²) in [5, 5.41) is 2.27. The van der Waals surface area contributed by atoms with Gasteiger partial charge in [-0.15, -0.1) is 12.4 Å². The molecule has 210 valence electrons. The van der Waals surface area contributed by atoms with Crippen LogP contribution in [0.4, 0.5) is 17.6 Å². The molecule has 3 aromatic rings. The maximum Gasteiger partial charge on any atom is 0.387 e. The number of rotatable bonds is 11. The van der Waals surface area contributed by atoms with Crippen LogP contribution in [0.25, 0.3) is 11.5 Å². The minimum atomic E-state index is -3.07. The summed E-state index contributed by atoms with van der Waals surface area (Å²) in [5.41, 5.74) is 10.9. The van der Waals surface area contributed by atoms with Gasteiger partial charge in [0, 0.05) is 17.2 Å². The number of oxazole rings is 1. The number of hydrogen-bond acceptors (Lipinski definition) is 7. The highest BCUT2D eigenvalue weighted by Gasteiger charge is 2.30. The second kappa shape index (κ2) is 12.3. The van der Waals surface area contributed by atoms with Crippen LogP contribution in [0.15, 0.2) is 40.8 Å². The molecule has 1 heterocycles. The average Bonchev–Trinajstić information content (AvgIpc) is 3.56. The number of aromatic nitrogens is 1. The molecule has 0 bridgehead atoms. The lowest BCUT2D eigenvalue weighted by Gasteiger charge is -2.16. The van der Waals surface area contributed by atoms with Crippen molar-refractivity contribution in [3.05, 3.63) is 65.1 Å². The van der Waals surface area contributed by atoms with Crippen LogP contribution in [0.1, 0.15) is 53.7 Å². The van der Waals surface area contributed by atoms with E-state index in [2.05, 4.69) is 15.0 Å². The Hall–Kier alpha value is -3.84. The summed E-state index contributed by atoms with van der Waals surface area (Å²) in [6, 6.07) is 3.93. The van der Waals surface area contributed by atoms with Gasteiger partial charge in [0.15, 0.2) is 23.0 Å². The quantitative estimate of drug-likeness (QED) is 0.289. The van der Waals surface area contributed by atoms with Gasteiger partial charge in [-0.05, 0) is 49.9 Å². The van der Waals surface area contributed by atoms with Crippen molar-refractivity contribution in [1.29, 1.82) is 0 Å². The fourth-order valence-corrected chi connectivity index (χ4v) is 3.60. The number of halogens is 5. The monoisotopic (exact) mass is 572 g/mol. The number of nitrogens with two attached hydrogens (primary N) is 2. The van der Waals surface area contributed by atoms with Crippen LogP contribution < -0.4 is 26.3 Å². The molecule has 1 aliphatic rings. The van der Waals surface area contributed by atoms with Crippen molar-refractivity contribution in [2.24, 2.45) is 17.4 Å². The van der Waals surface area contributed by atoms with E-state index < -0.39 is 42.1 Å². The molecule has 2 aromatic carbocycles. The normalized spacial score (nSPS) is 14.3. The molecule has 4 rings (SSSR count). The highest BCUT2D eigenvalue weighted by atomic mass is 35.5. The largest absolute Gasteiger partial charge is 0.489 e. The zero-order valence-corrected chi connectivity index (χ0v) is 21.3. The number of nitrogens with zero attached hydrogens (tertiary/aromatic N) is 1. The van der Waals surface area contributed by atoms with Gasteiger partial charge in [-0.1, -0.05) is 6.07 Å². The number of carbonyl (C=O) groups is 2. The molecule has 1 fully saturated rings. The third-order valence-electron chi connectivity index (χ3n) is 5.69. The molecule has 1 aromatic heterocycles. The number of ether oxygens (including phenoxy) is 2. The van der Waals surface area contributed by atoms with Gasteiger partial charge in [-0.25, -0.2) is 13.8 Å². The van der Waals surface area contributed by atoms with E-state index in [1.807, 2.05) is 0 Å². The van der Waals surface area contributed by atoms with Gasteiger partial charge in [0.1, 0.15) is 17.7 Å². The summed E-state index contributed by atoms with van der Waals surface area (Å²) in [5.74, 6) is -4.07. The topological polar surface area (TPSA) is 143 Å². The second-order valence-corrected chi connectivity index (χ2v) is 8.79. The van der Waals surface area contributed by atoms with Gasteiger partial charge in [0.2, 0.25) is 11.8 Å². The number of benzene rings is 2. The lowest BCUT2D eigenvalue weighted by molar-refractivity contribution is -0.120. The number of primary amides is 1. The summed E-state index contributed by atoms with van der Waals surface area (Å²) in [4.78, 5) is 29.3. The van der Waals surface area contributed by atoms with Crippen molar-refractivity contribution >= 4 is 24.2 Å². The van der Waals surface area contributed by atoms with E-state index in [0.29, 0.717) is 18.6 Å². The van der Waals surface area contributed by atoms with Crippen LogP contribution in [-0.2, 0) is 4.79 Å². The molecule has 0 saturated heterocycles. The fraction of sp³-hybridized carbons (Fsp3) is 0.320. The van der Waals surface area contributed by atoms with Crippen molar-refractivity contribution in [2.75, 3.05) is 6.61 Å². The van der Waals surface area contributed by atoms with Gasteiger partial charge >= 0.3 is 6.61 Å². The summed E-state index contributed by atoms with van der Waals surface area (Å²) >= 11 is 0. The molecule has 0 aliphatic heterocycles. The molecule has 5 N–H and O–H groups in total. The Morgan fingerprint density at radius 1 is 1.15 bits per heavy atom. The molecule has 2 amide bonds. The first-order chi connectivity index (χ1) is 18.0. The summed E-state index contributed by atoms with van der Waals surface area (Å²) in [6.45, 7) is -1.26. The van der Waals surface area contributed by atoms with E-state index in [1.54, 1.807) is 0 Å². The predicted molar refractivity (Wildman–Crippen MR) is 132 cm³/mol. The molecule has 9 nitrogen and oxygen atoms in total. The standard InChI is InChI=1S/C25H24F4N4O5.ClH/c1-11(30)21-20(23(35)32-19(22(31)34)15-6-5-14(26)9-16(15)27)33-24(38-21)13-4-7-17(37-25(28)29)18(8-13)36-10-12-2-3-12;/h4-9,11-12,19,25H,2-3,10,30H2,1H3,(H2,31,34)(H,32,35);1H/t11-,19-;/m0./s1. The van der Waals surface area contributed by atoms with Crippen LogP contribution in [0, 0.1) is 17.6 Å². The van der Waals surface area contributed by atoms with E-state index in [0.717, 1.165) is 25.0 Å². The number of hydrogen-bond donors (Lipinski definition) is 3. The molecular formula is C25H25ClF4N4O5. The van der Waals surface area contributed by atoms with E-state index in [1.165, 1.54) is 25.1 Å². The van der Waals surface area contributed by atoms with Crippen molar-refractivity contribution in [2.45, 2.75) is 38.5 Å². The van der Waals surface area contributed by atoms with Gasteiger partial charge in [0.05, 0.1) is 12.6 Å². The maximum atomic E-state index is 14.3. The fourth-order valence-electron chi connectivity index (χ4n) is 3.60. The summed E-state index contributed by atoms with van der Waals surface area (Å²) in [6.07, 6.45) is 1.93. The number of carbonyl (C=O) groups excluding carboxylic acids is 2. The van der Waals surface area contributed by atoms with Crippen molar-refractivity contribution in [3.8, 4) is 23.0 Å². The Labute approximate surface area is 226 Å². The molecule has 1 aliphatic carbocycles. The third kappa shape index (κ3) is 7.18. The highest BCUT2D eigenvalue weighted by Crippen LogP contribution is 2.37. The van der Waals surface area contributed by atoms with Crippen LogP contribution in [0.2, 0.25) is 0 Å². The van der Waals surface area contributed by atoms with E-state index in [9.17, 15) is 27.2 Å². The first kappa shape index (κ1) is 29.7. The van der Waals surface area contributed by atoms with Crippen molar-refractivity contribution < 1.29 is 41.0 Å². The molecule has 2 atom stereocenters. The van der Waals surface area contributed by atoms with Gasteiger partial charge in [0.25, 0.3) is 5.91 Å². The van der Waals surface area contributed by atoms with Crippen molar-refractivity contribution in [3.63, 3.8) is 0 Å². The molecule has 0 unspecified atom stereocenters. The number of amides is 2. The minimum Gasteiger partial charge on any atom is -0.489 e. The van der Waals surface area contributed by atoms with Gasteiger partial charge < -0.3 is 30.7 Å². The highest BCUT2D eigenvalue weighted by molar-refractivity contribution is 5.97. The maximum absolute atomic E-state index is 14.3. The van der Waals surface area contributed by atoms with E-state index >= 15 is 0 Å². The molecule has 14 heteroatoms. The zero-order chi connectivity index (χ0) is 27.6. The molecule has 1 saturated carbocycles. The predicted octanol–water partition coefficient (Wildman–Crippen LogP) is 4.41. The van der Waals surface area contributed by atoms with Crippen LogP contribution in [0.3, 0.4) is 0 Å². The van der Waals surface area contributed by atoms with Crippen LogP contribution in [0.5, 0.6) is 11.5 Å². The second-order valence-electron chi connectivity index (χ2n) is 8.79. The SMILES string of the molecule is C[C@H](N)c1oc(-c2ccc(OC(F)F)c(OCC3CC3)c2)nc1C(=O)N[C@H](C(N)=O)c1ccc(F)cc1F.Cl. The number of alkyl halides is 2. The minimum absolute atomic E-state index is 0. The smallest absolute Gasteiger partial charge is 0.387 e. The third-order valence-corrected chi connectivity index (χ3v) is 5.69.